The highest BCUT2D eigenvalue weighted by Crippen LogP contribution is 2.42. The monoisotopic (exact) mass is 586 g/mol. The molecule has 0 heterocycles. The summed E-state index contributed by atoms with van der Waals surface area (Å²) >= 11 is 8.61. The molecule has 13 heteroatoms. The molecule has 2 rings (SSSR count). The summed E-state index contributed by atoms with van der Waals surface area (Å²) in [7, 11) is 0. The average Bonchev–Trinajstić information content (AvgIpc) is 2.51. The maximum atomic E-state index is 11.3. The quantitative estimate of drug-likeness (QED) is 0.217. The molecule has 0 radical (unpaired) electrons. The summed E-state index contributed by atoms with van der Waals surface area (Å²) in [5.74, 6) is 0. The second-order valence-electron chi connectivity index (χ2n) is 4.50. The fourth-order valence-electron chi connectivity index (χ4n) is 1.87. The Bertz CT molecular complexity index is 888. The molecule has 0 aliphatic rings. The lowest BCUT2D eigenvalue weighted by molar-refractivity contribution is -0.401. The lowest BCUT2D eigenvalue weighted by atomic mass is 10.2. The minimum Gasteiger partial charge on any atom is -0.343 e. The normalized spacial score (nSPS) is 10.4. The zero-order chi connectivity index (χ0) is 18.9. The molecule has 0 bridgehead atoms. The van der Waals surface area contributed by atoms with Crippen molar-refractivity contribution in [1.29, 1.82) is 0 Å². The van der Waals surface area contributed by atoms with E-state index in [0.717, 1.165) is 3.57 Å². The first-order chi connectivity index (χ1) is 11.6. The zero-order valence-corrected chi connectivity index (χ0v) is 17.1. The Kier molecular flexibility index (Phi) is 5.89. The number of nitrogens with one attached hydrogen (secondary N) is 1. The number of hydrogen-bond acceptors (Lipinski definition) is 7. The van der Waals surface area contributed by atoms with Crippen molar-refractivity contribution in [3.63, 3.8) is 0 Å². The molecule has 0 aromatic heterocycles. The smallest absolute Gasteiger partial charge is 0.306 e. The molecule has 25 heavy (non-hydrogen) atoms. The second kappa shape index (κ2) is 7.57. The van der Waals surface area contributed by atoms with Gasteiger partial charge in [-0.2, -0.15) is 0 Å². The van der Waals surface area contributed by atoms with Gasteiger partial charge in [-0.3, -0.25) is 30.3 Å². The van der Waals surface area contributed by atoms with E-state index in [2.05, 4.69) is 37.2 Å². The van der Waals surface area contributed by atoms with Gasteiger partial charge in [-0.1, -0.05) is 0 Å². The van der Waals surface area contributed by atoms with Crippen molar-refractivity contribution < 1.29 is 14.8 Å². The minimum atomic E-state index is -0.929. The third-order valence-electron chi connectivity index (χ3n) is 2.96. The number of nitro benzene ring substituents is 3. The summed E-state index contributed by atoms with van der Waals surface area (Å²) in [5, 5.41) is 36.0. The molecule has 1 N–H and O–H groups in total. The fraction of sp³-hybridized carbons (Fsp3) is 0. The van der Waals surface area contributed by atoms with E-state index < -0.39 is 37.5 Å². The number of nitro groups is 3. The molecule has 0 aliphatic carbocycles. The highest BCUT2D eigenvalue weighted by atomic mass is 127. The fourth-order valence-corrected chi connectivity index (χ4v) is 3.55. The predicted molar refractivity (Wildman–Crippen MR) is 104 cm³/mol. The summed E-state index contributed by atoms with van der Waals surface area (Å²) < 4.78 is 2.00. The number of hydrogen-bond donors (Lipinski definition) is 1. The highest BCUT2D eigenvalue weighted by Gasteiger charge is 2.31. The van der Waals surface area contributed by atoms with Crippen molar-refractivity contribution in [2.24, 2.45) is 0 Å². The first-order valence-corrected chi connectivity index (χ1v) is 8.81. The summed E-state index contributed by atoms with van der Waals surface area (Å²) in [4.78, 5) is 30.6. The lowest BCUT2D eigenvalue weighted by Crippen LogP contribution is -2.04. The van der Waals surface area contributed by atoms with E-state index in [9.17, 15) is 30.3 Å². The maximum Gasteiger partial charge on any atom is 0.306 e. The molecular weight excluding hydrogens is 583 g/mol. The van der Waals surface area contributed by atoms with E-state index in [0.29, 0.717) is 26.8 Å². The Morgan fingerprint density at radius 2 is 1.36 bits per heavy atom. The Morgan fingerprint density at radius 1 is 0.840 bits per heavy atom. The van der Waals surface area contributed by atoms with Crippen LogP contribution in [-0.4, -0.2) is 14.8 Å². The Labute approximate surface area is 169 Å². The maximum absolute atomic E-state index is 11.3. The number of non-ortho nitro benzene ring substituents is 1. The van der Waals surface area contributed by atoms with Gasteiger partial charge in [0.25, 0.3) is 5.69 Å². The Hall–Kier alpha value is -1.87. The first-order valence-electron chi connectivity index (χ1n) is 6.14. The van der Waals surface area contributed by atoms with Gasteiger partial charge < -0.3 is 5.32 Å². The van der Waals surface area contributed by atoms with Gasteiger partial charge in [-0.15, -0.1) is 0 Å². The van der Waals surface area contributed by atoms with E-state index in [4.69, 9.17) is 0 Å². The first kappa shape index (κ1) is 19.5. The van der Waals surface area contributed by atoms with E-state index in [-0.39, 0.29) is 0 Å². The SMILES string of the molecule is O=[N+]([O-])c1cc([N+](=O)[O-])c(Nc2cc(Br)c(I)cc2Br)c([N+](=O)[O-])c1. The molecule has 0 spiro atoms. The molecular formula is C12H5Br2IN4O6. The van der Waals surface area contributed by atoms with Crippen LogP contribution in [0, 0.1) is 33.9 Å². The number of anilines is 2. The van der Waals surface area contributed by atoms with Crippen LogP contribution in [0.2, 0.25) is 0 Å². The van der Waals surface area contributed by atoms with Crippen LogP contribution in [0.15, 0.2) is 33.2 Å². The molecule has 0 fully saturated rings. The van der Waals surface area contributed by atoms with Crippen molar-refractivity contribution in [2.45, 2.75) is 0 Å². The number of nitrogens with zero attached hydrogens (tertiary/aromatic N) is 3. The summed E-state index contributed by atoms with van der Waals surface area (Å²) in [6.45, 7) is 0. The lowest BCUT2D eigenvalue weighted by Gasteiger charge is -2.11. The van der Waals surface area contributed by atoms with Crippen LogP contribution >= 0.6 is 54.5 Å². The third-order valence-corrected chi connectivity index (χ3v) is 5.90. The van der Waals surface area contributed by atoms with E-state index in [1.807, 2.05) is 22.6 Å². The van der Waals surface area contributed by atoms with Crippen LogP contribution in [0.1, 0.15) is 0 Å². The molecule has 0 amide bonds. The molecule has 0 atom stereocenters. The van der Waals surface area contributed by atoms with Crippen molar-refractivity contribution in [3.05, 3.63) is 67.1 Å². The van der Waals surface area contributed by atoms with Crippen LogP contribution in [-0.2, 0) is 0 Å². The van der Waals surface area contributed by atoms with Gasteiger partial charge in [0.05, 0.1) is 32.6 Å². The molecule has 10 nitrogen and oxygen atoms in total. The molecule has 0 aliphatic heterocycles. The van der Waals surface area contributed by atoms with Crippen LogP contribution in [0.25, 0.3) is 0 Å². The third kappa shape index (κ3) is 4.21. The van der Waals surface area contributed by atoms with Crippen molar-refractivity contribution in [3.8, 4) is 0 Å². The summed E-state index contributed by atoms with van der Waals surface area (Å²) in [5.41, 5.74) is -2.43. The standard InChI is InChI=1S/C12H5Br2IN4O6/c13-6-4-9(7(14)3-8(6)15)16-12-10(18(22)23)1-5(17(20)21)2-11(12)19(24)25/h1-4,16H. The predicted octanol–water partition coefficient (Wildman–Crippen LogP) is 5.28. The Morgan fingerprint density at radius 3 is 1.80 bits per heavy atom. The number of benzene rings is 2. The van der Waals surface area contributed by atoms with Gasteiger partial charge in [0.1, 0.15) is 0 Å². The van der Waals surface area contributed by atoms with Crippen LogP contribution in [0.5, 0.6) is 0 Å². The number of halogens is 3. The van der Waals surface area contributed by atoms with Gasteiger partial charge >= 0.3 is 11.4 Å². The molecule has 2 aromatic rings. The van der Waals surface area contributed by atoms with Crippen molar-refractivity contribution >= 4 is 82.9 Å². The van der Waals surface area contributed by atoms with E-state index in [1.165, 1.54) is 0 Å². The average molecular weight is 588 g/mol. The highest BCUT2D eigenvalue weighted by molar-refractivity contribution is 14.1. The second-order valence-corrected chi connectivity index (χ2v) is 7.37. The van der Waals surface area contributed by atoms with Gasteiger partial charge in [0, 0.05) is 12.5 Å². The minimum absolute atomic E-state index is 0.312. The van der Waals surface area contributed by atoms with Gasteiger partial charge in [0.2, 0.25) is 0 Å². The molecule has 0 saturated heterocycles. The molecule has 0 unspecified atom stereocenters. The van der Waals surface area contributed by atoms with E-state index >= 15 is 0 Å². The molecule has 2 aromatic carbocycles. The zero-order valence-electron chi connectivity index (χ0n) is 11.7. The van der Waals surface area contributed by atoms with Crippen LogP contribution in [0.3, 0.4) is 0 Å². The van der Waals surface area contributed by atoms with Gasteiger partial charge in [-0.25, -0.2) is 0 Å². The van der Waals surface area contributed by atoms with E-state index in [1.54, 1.807) is 12.1 Å². The van der Waals surface area contributed by atoms with Crippen LogP contribution < -0.4 is 5.32 Å². The topological polar surface area (TPSA) is 141 Å². The summed E-state index contributed by atoms with van der Waals surface area (Å²) in [6, 6.07) is 4.60. The van der Waals surface area contributed by atoms with Crippen molar-refractivity contribution in [1.82, 2.24) is 0 Å². The molecule has 0 saturated carbocycles. The largest absolute Gasteiger partial charge is 0.343 e. The van der Waals surface area contributed by atoms with Gasteiger partial charge in [0.15, 0.2) is 5.69 Å². The molecule has 130 valence electrons. The van der Waals surface area contributed by atoms with Gasteiger partial charge in [-0.05, 0) is 66.6 Å². The summed E-state index contributed by atoms with van der Waals surface area (Å²) in [6.07, 6.45) is 0. The van der Waals surface area contributed by atoms with Crippen LogP contribution in [0.4, 0.5) is 28.4 Å². The Balaban J connectivity index is 2.71. The van der Waals surface area contributed by atoms with Crippen molar-refractivity contribution in [2.75, 3.05) is 5.32 Å². The number of rotatable bonds is 5.